The van der Waals surface area contributed by atoms with Crippen LogP contribution in [0.4, 0.5) is 5.69 Å². The van der Waals surface area contributed by atoms with Crippen molar-refractivity contribution < 1.29 is 9.94 Å². The van der Waals surface area contributed by atoms with E-state index in [9.17, 15) is 5.11 Å². The molecular weight excluding hydrogens is 180 g/mol. The standard InChI is InChI=1S/C10H16N2O2/c1-12(14-2)7-10(13)8-5-3-4-6-9(8)11/h3-6,10,13H,7,11H2,1-2H3. The molecule has 0 amide bonds. The molecule has 0 bridgehead atoms. The lowest BCUT2D eigenvalue weighted by Gasteiger charge is -2.19. The molecule has 0 radical (unpaired) electrons. The monoisotopic (exact) mass is 196 g/mol. The first kappa shape index (κ1) is 11.0. The van der Waals surface area contributed by atoms with Crippen LogP contribution in [0.1, 0.15) is 11.7 Å². The number of hydroxylamine groups is 2. The van der Waals surface area contributed by atoms with Crippen LogP contribution in [-0.4, -0.2) is 30.9 Å². The Hall–Kier alpha value is -1.10. The second-order valence-electron chi connectivity index (χ2n) is 3.14. The van der Waals surface area contributed by atoms with Crippen LogP contribution < -0.4 is 5.73 Å². The fraction of sp³-hybridized carbons (Fsp3) is 0.400. The van der Waals surface area contributed by atoms with Gasteiger partial charge >= 0.3 is 0 Å². The Morgan fingerprint density at radius 3 is 2.71 bits per heavy atom. The van der Waals surface area contributed by atoms with E-state index < -0.39 is 6.10 Å². The van der Waals surface area contributed by atoms with Gasteiger partial charge in [-0.3, -0.25) is 0 Å². The van der Waals surface area contributed by atoms with Crippen molar-refractivity contribution in [2.24, 2.45) is 0 Å². The number of hydrogen-bond acceptors (Lipinski definition) is 4. The van der Waals surface area contributed by atoms with Crippen LogP contribution >= 0.6 is 0 Å². The second kappa shape index (κ2) is 4.95. The Kier molecular flexibility index (Phi) is 3.88. The molecule has 1 rings (SSSR count). The van der Waals surface area contributed by atoms with E-state index in [1.54, 1.807) is 25.3 Å². The molecule has 1 aromatic carbocycles. The smallest absolute Gasteiger partial charge is 0.0959 e. The second-order valence-corrected chi connectivity index (χ2v) is 3.14. The third kappa shape index (κ3) is 2.70. The maximum Gasteiger partial charge on any atom is 0.0959 e. The number of anilines is 1. The Balaban J connectivity index is 2.69. The lowest BCUT2D eigenvalue weighted by atomic mass is 10.1. The number of para-hydroxylation sites is 1. The van der Waals surface area contributed by atoms with E-state index in [0.717, 1.165) is 5.56 Å². The molecular formula is C10H16N2O2. The zero-order valence-electron chi connectivity index (χ0n) is 8.47. The third-order valence-corrected chi connectivity index (χ3v) is 2.10. The van der Waals surface area contributed by atoms with E-state index in [1.165, 1.54) is 0 Å². The normalized spacial score (nSPS) is 13.1. The van der Waals surface area contributed by atoms with Gasteiger partial charge in [-0.05, 0) is 6.07 Å². The lowest BCUT2D eigenvalue weighted by molar-refractivity contribution is -0.128. The highest BCUT2D eigenvalue weighted by atomic mass is 16.7. The molecule has 0 spiro atoms. The first-order valence-corrected chi connectivity index (χ1v) is 4.43. The van der Waals surface area contributed by atoms with Gasteiger partial charge in [0.2, 0.25) is 0 Å². The van der Waals surface area contributed by atoms with E-state index in [2.05, 4.69) is 0 Å². The minimum Gasteiger partial charge on any atom is -0.398 e. The van der Waals surface area contributed by atoms with Gasteiger partial charge in [0.15, 0.2) is 0 Å². The molecule has 0 fully saturated rings. The van der Waals surface area contributed by atoms with Gasteiger partial charge in [0.05, 0.1) is 19.8 Å². The van der Waals surface area contributed by atoms with Crippen LogP contribution in [0.5, 0.6) is 0 Å². The Bertz CT molecular complexity index is 291. The average Bonchev–Trinajstić information content (AvgIpc) is 2.18. The topological polar surface area (TPSA) is 58.7 Å². The SMILES string of the molecule is CON(C)CC(O)c1ccccc1N. The molecule has 0 aliphatic heterocycles. The molecule has 4 nitrogen and oxygen atoms in total. The largest absolute Gasteiger partial charge is 0.398 e. The highest BCUT2D eigenvalue weighted by Gasteiger charge is 2.12. The number of hydrogen-bond donors (Lipinski definition) is 2. The number of aliphatic hydroxyl groups is 1. The molecule has 14 heavy (non-hydrogen) atoms. The maximum atomic E-state index is 9.80. The van der Waals surface area contributed by atoms with Crippen LogP contribution in [-0.2, 0) is 4.84 Å². The van der Waals surface area contributed by atoms with Crippen LogP contribution in [0.15, 0.2) is 24.3 Å². The summed E-state index contributed by atoms with van der Waals surface area (Å²) in [7, 11) is 3.31. The Labute approximate surface area is 83.9 Å². The van der Waals surface area contributed by atoms with Crippen molar-refractivity contribution >= 4 is 5.69 Å². The van der Waals surface area contributed by atoms with E-state index in [1.807, 2.05) is 18.2 Å². The first-order chi connectivity index (χ1) is 6.65. The fourth-order valence-corrected chi connectivity index (χ4v) is 1.23. The van der Waals surface area contributed by atoms with Gasteiger partial charge in [0, 0.05) is 18.3 Å². The molecule has 0 aliphatic carbocycles. The molecule has 0 saturated carbocycles. The van der Waals surface area contributed by atoms with Crippen molar-refractivity contribution in [2.45, 2.75) is 6.10 Å². The van der Waals surface area contributed by atoms with Crippen molar-refractivity contribution in [1.29, 1.82) is 0 Å². The molecule has 78 valence electrons. The molecule has 4 heteroatoms. The first-order valence-electron chi connectivity index (χ1n) is 4.43. The fourth-order valence-electron chi connectivity index (χ4n) is 1.23. The van der Waals surface area contributed by atoms with Gasteiger partial charge in [-0.25, -0.2) is 0 Å². The van der Waals surface area contributed by atoms with Crippen molar-refractivity contribution in [3.05, 3.63) is 29.8 Å². The van der Waals surface area contributed by atoms with Gasteiger partial charge in [-0.15, -0.1) is 0 Å². The predicted octanol–water partition coefficient (Wildman–Crippen LogP) is 0.795. The highest BCUT2D eigenvalue weighted by Crippen LogP contribution is 2.20. The number of rotatable bonds is 4. The summed E-state index contributed by atoms with van der Waals surface area (Å²) < 4.78 is 0. The minimum atomic E-state index is -0.624. The maximum absolute atomic E-state index is 9.80. The van der Waals surface area contributed by atoms with Crippen molar-refractivity contribution in [1.82, 2.24) is 5.06 Å². The zero-order valence-corrected chi connectivity index (χ0v) is 8.47. The number of benzene rings is 1. The predicted molar refractivity (Wildman–Crippen MR) is 55.5 cm³/mol. The van der Waals surface area contributed by atoms with Gasteiger partial charge in [-0.2, -0.15) is 5.06 Å². The minimum absolute atomic E-state index is 0.394. The van der Waals surface area contributed by atoms with Crippen LogP contribution in [0.2, 0.25) is 0 Å². The van der Waals surface area contributed by atoms with Crippen molar-refractivity contribution in [3.63, 3.8) is 0 Å². The molecule has 1 aromatic rings. The zero-order chi connectivity index (χ0) is 10.6. The third-order valence-electron chi connectivity index (χ3n) is 2.10. The number of nitrogens with zero attached hydrogens (tertiary/aromatic N) is 1. The van der Waals surface area contributed by atoms with Crippen molar-refractivity contribution in [2.75, 3.05) is 26.4 Å². The molecule has 1 atom stereocenters. The summed E-state index contributed by atoms with van der Waals surface area (Å²) in [5.41, 5.74) is 7.05. The number of aliphatic hydroxyl groups excluding tert-OH is 1. The van der Waals surface area contributed by atoms with Crippen LogP contribution in [0.3, 0.4) is 0 Å². The number of nitrogens with two attached hydrogens (primary N) is 1. The number of likely N-dealkylation sites (N-methyl/N-ethyl adjacent to an activating group) is 1. The van der Waals surface area contributed by atoms with E-state index >= 15 is 0 Å². The van der Waals surface area contributed by atoms with Gasteiger partial charge in [0.1, 0.15) is 0 Å². The summed E-state index contributed by atoms with van der Waals surface area (Å²) in [6, 6.07) is 7.27. The summed E-state index contributed by atoms with van der Waals surface area (Å²) in [5.74, 6) is 0. The number of nitrogen functional groups attached to an aromatic ring is 1. The Morgan fingerprint density at radius 2 is 2.14 bits per heavy atom. The molecule has 0 aromatic heterocycles. The molecule has 0 heterocycles. The summed E-state index contributed by atoms with van der Waals surface area (Å²) >= 11 is 0. The summed E-state index contributed by atoms with van der Waals surface area (Å²) in [5, 5.41) is 11.4. The van der Waals surface area contributed by atoms with E-state index in [0.29, 0.717) is 12.2 Å². The van der Waals surface area contributed by atoms with E-state index in [4.69, 9.17) is 10.6 Å². The van der Waals surface area contributed by atoms with Gasteiger partial charge in [-0.1, -0.05) is 18.2 Å². The highest BCUT2D eigenvalue weighted by molar-refractivity contribution is 5.47. The average molecular weight is 196 g/mol. The van der Waals surface area contributed by atoms with Gasteiger partial charge in [0.25, 0.3) is 0 Å². The summed E-state index contributed by atoms with van der Waals surface area (Å²) in [4.78, 5) is 4.91. The van der Waals surface area contributed by atoms with Crippen LogP contribution in [0.25, 0.3) is 0 Å². The molecule has 3 N–H and O–H groups in total. The van der Waals surface area contributed by atoms with E-state index in [-0.39, 0.29) is 0 Å². The summed E-state index contributed by atoms with van der Waals surface area (Å²) in [6.45, 7) is 0.394. The van der Waals surface area contributed by atoms with Crippen LogP contribution in [0, 0.1) is 0 Å². The molecule has 0 saturated heterocycles. The van der Waals surface area contributed by atoms with Gasteiger partial charge < -0.3 is 15.7 Å². The quantitative estimate of drug-likeness (QED) is 0.552. The Morgan fingerprint density at radius 1 is 1.50 bits per heavy atom. The molecule has 0 aliphatic rings. The lowest BCUT2D eigenvalue weighted by Crippen LogP contribution is -2.23. The summed E-state index contributed by atoms with van der Waals surface area (Å²) in [6.07, 6.45) is -0.624. The molecule has 1 unspecified atom stereocenters. The van der Waals surface area contributed by atoms with Crippen molar-refractivity contribution in [3.8, 4) is 0 Å².